The maximum atomic E-state index is 13.7. The second-order valence-electron chi connectivity index (χ2n) is 8.00. The van der Waals surface area contributed by atoms with Gasteiger partial charge in [-0.15, -0.1) is 0 Å². The van der Waals surface area contributed by atoms with E-state index in [9.17, 15) is 19.1 Å². The van der Waals surface area contributed by atoms with E-state index in [1.165, 1.54) is 49.5 Å². The summed E-state index contributed by atoms with van der Waals surface area (Å²) in [5, 5.41) is 12.2. The van der Waals surface area contributed by atoms with Crippen LogP contribution in [0.4, 0.5) is 10.1 Å². The molecule has 176 valence electrons. The van der Waals surface area contributed by atoms with Gasteiger partial charge in [0.15, 0.2) is 0 Å². The third kappa shape index (κ3) is 3.59. The first kappa shape index (κ1) is 22.2. The van der Waals surface area contributed by atoms with Crippen LogP contribution < -0.4 is 14.4 Å². The zero-order chi connectivity index (χ0) is 24.7. The van der Waals surface area contributed by atoms with E-state index in [-0.39, 0.29) is 11.1 Å². The van der Waals surface area contributed by atoms with Crippen molar-refractivity contribution in [1.82, 2.24) is 4.98 Å². The Hall–Kier alpha value is -4.59. The molecule has 1 aliphatic heterocycles. The number of aliphatic hydroxyl groups is 1. The molecule has 1 unspecified atom stereocenters. The summed E-state index contributed by atoms with van der Waals surface area (Å²) in [6.07, 6.45) is 1.70. The lowest BCUT2D eigenvalue weighted by Gasteiger charge is -2.25. The molecule has 1 fully saturated rings. The molecule has 35 heavy (non-hydrogen) atoms. The number of Topliss-reactive ketones (excluding diaryl/α,β-unsaturated/α-hetero) is 1. The number of para-hydroxylation sites is 1. The molecule has 0 saturated carbocycles. The predicted molar refractivity (Wildman–Crippen MR) is 129 cm³/mol. The Kier molecular flexibility index (Phi) is 5.49. The maximum absolute atomic E-state index is 13.7. The molecule has 0 radical (unpaired) electrons. The Labute approximate surface area is 200 Å². The quantitative estimate of drug-likeness (QED) is 0.244. The Morgan fingerprint density at radius 3 is 2.46 bits per heavy atom. The Bertz CT molecular complexity index is 1490. The smallest absolute Gasteiger partial charge is 0.300 e. The minimum atomic E-state index is -0.979. The number of H-pyrrole nitrogens is 1. The second-order valence-corrected chi connectivity index (χ2v) is 8.00. The van der Waals surface area contributed by atoms with E-state index in [1.807, 2.05) is 24.3 Å². The Morgan fingerprint density at radius 1 is 1.00 bits per heavy atom. The van der Waals surface area contributed by atoms with Crippen LogP contribution in [0.15, 0.2) is 78.5 Å². The van der Waals surface area contributed by atoms with Crippen molar-refractivity contribution in [3.8, 4) is 11.5 Å². The highest BCUT2D eigenvalue weighted by atomic mass is 19.1. The molecular formula is C27H21FN2O5. The van der Waals surface area contributed by atoms with Gasteiger partial charge in [0, 0.05) is 28.4 Å². The molecule has 1 aromatic heterocycles. The van der Waals surface area contributed by atoms with Crippen molar-refractivity contribution < 1.29 is 28.6 Å². The largest absolute Gasteiger partial charge is 0.507 e. The minimum absolute atomic E-state index is 0.115. The second kappa shape index (κ2) is 8.64. The number of ether oxygens (including phenoxy) is 2. The highest BCUT2D eigenvalue weighted by Gasteiger charge is 2.48. The first-order chi connectivity index (χ1) is 16.9. The number of carbonyl (C=O) groups is 2. The zero-order valence-corrected chi connectivity index (χ0v) is 18.9. The van der Waals surface area contributed by atoms with E-state index in [1.54, 1.807) is 18.3 Å². The molecule has 1 aliphatic rings. The number of nitrogens with zero attached hydrogens (tertiary/aromatic N) is 1. The van der Waals surface area contributed by atoms with Crippen LogP contribution in [0.25, 0.3) is 16.7 Å². The molecule has 0 bridgehead atoms. The SMILES string of the molecule is COc1ccc(OC)c(/C(O)=C2\C(=O)C(=O)N(c3ccc(F)cc3)C2c2c[nH]c3ccccc23)c1. The molecule has 1 saturated heterocycles. The van der Waals surface area contributed by atoms with E-state index in [2.05, 4.69) is 4.98 Å². The molecule has 8 heteroatoms. The normalized spacial score (nSPS) is 17.2. The van der Waals surface area contributed by atoms with Gasteiger partial charge in [-0.05, 0) is 48.5 Å². The van der Waals surface area contributed by atoms with Gasteiger partial charge >= 0.3 is 0 Å². The summed E-state index contributed by atoms with van der Waals surface area (Å²) in [5.41, 5.74) is 1.81. The van der Waals surface area contributed by atoms with Crippen LogP contribution in [0.5, 0.6) is 11.5 Å². The number of hydrogen-bond acceptors (Lipinski definition) is 5. The standard InChI is InChI=1S/C27H21FN2O5/c1-34-17-11-12-22(35-2)19(13-17)25(31)23-24(20-14-29-21-6-4-3-5-18(20)21)30(27(33)26(23)32)16-9-7-15(28)8-10-16/h3-14,24,29,31H,1-2H3/b25-23+. The number of anilines is 1. The maximum Gasteiger partial charge on any atom is 0.300 e. The summed E-state index contributed by atoms with van der Waals surface area (Å²) < 4.78 is 24.3. The summed E-state index contributed by atoms with van der Waals surface area (Å²) in [6.45, 7) is 0. The van der Waals surface area contributed by atoms with Gasteiger partial charge in [-0.2, -0.15) is 0 Å². The number of aromatic amines is 1. The number of hydrogen-bond donors (Lipinski definition) is 2. The molecule has 1 amide bonds. The molecule has 4 aromatic rings. The van der Waals surface area contributed by atoms with Crippen molar-refractivity contribution in [1.29, 1.82) is 0 Å². The van der Waals surface area contributed by atoms with E-state index in [0.29, 0.717) is 22.7 Å². The molecular weight excluding hydrogens is 451 g/mol. The van der Waals surface area contributed by atoms with Crippen LogP contribution in [0.3, 0.4) is 0 Å². The number of benzene rings is 3. The number of fused-ring (bicyclic) bond motifs is 1. The summed E-state index contributed by atoms with van der Waals surface area (Å²) in [5.74, 6) is -1.85. The molecule has 2 heterocycles. The number of halogens is 1. The third-order valence-electron chi connectivity index (χ3n) is 6.13. The van der Waals surface area contributed by atoms with Crippen molar-refractivity contribution in [3.05, 3.63) is 95.4 Å². The molecule has 1 atom stereocenters. The first-order valence-corrected chi connectivity index (χ1v) is 10.8. The van der Waals surface area contributed by atoms with Gasteiger partial charge in [0.25, 0.3) is 11.7 Å². The number of amides is 1. The van der Waals surface area contributed by atoms with Gasteiger partial charge in [-0.1, -0.05) is 18.2 Å². The van der Waals surface area contributed by atoms with Crippen molar-refractivity contribution >= 4 is 34.0 Å². The lowest BCUT2D eigenvalue weighted by Crippen LogP contribution is -2.29. The van der Waals surface area contributed by atoms with Gasteiger partial charge in [-0.25, -0.2) is 4.39 Å². The topological polar surface area (TPSA) is 91.9 Å². The Balaban J connectivity index is 1.80. The fraction of sp³-hybridized carbons (Fsp3) is 0.111. The van der Waals surface area contributed by atoms with Crippen LogP contribution >= 0.6 is 0 Å². The van der Waals surface area contributed by atoms with Crippen molar-refractivity contribution in [2.45, 2.75) is 6.04 Å². The summed E-state index contributed by atoms with van der Waals surface area (Å²) in [4.78, 5) is 31.2. The van der Waals surface area contributed by atoms with Crippen molar-refractivity contribution in [3.63, 3.8) is 0 Å². The van der Waals surface area contributed by atoms with Crippen LogP contribution in [-0.4, -0.2) is 36.0 Å². The monoisotopic (exact) mass is 472 g/mol. The van der Waals surface area contributed by atoms with Gasteiger partial charge < -0.3 is 19.6 Å². The summed E-state index contributed by atoms with van der Waals surface area (Å²) in [6, 6.07) is 16.5. The molecule has 7 nitrogen and oxygen atoms in total. The third-order valence-corrected chi connectivity index (χ3v) is 6.13. The minimum Gasteiger partial charge on any atom is -0.507 e. The van der Waals surface area contributed by atoms with Crippen LogP contribution in [0.1, 0.15) is 17.2 Å². The van der Waals surface area contributed by atoms with Gasteiger partial charge in [0.2, 0.25) is 0 Å². The van der Waals surface area contributed by atoms with Crippen LogP contribution in [0, 0.1) is 5.82 Å². The lowest BCUT2D eigenvalue weighted by atomic mass is 9.94. The summed E-state index contributed by atoms with van der Waals surface area (Å²) in [7, 11) is 2.91. The zero-order valence-electron chi connectivity index (χ0n) is 18.9. The van der Waals surface area contributed by atoms with Gasteiger partial charge in [0.1, 0.15) is 23.1 Å². The van der Waals surface area contributed by atoms with Gasteiger partial charge in [-0.3, -0.25) is 14.5 Å². The van der Waals surface area contributed by atoms with Crippen molar-refractivity contribution in [2.24, 2.45) is 0 Å². The Morgan fingerprint density at radius 2 is 1.74 bits per heavy atom. The van der Waals surface area contributed by atoms with Gasteiger partial charge in [0.05, 0.1) is 31.4 Å². The average Bonchev–Trinajstić information content (AvgIpc) is 3.42. The van der Waals surface area contributed by atoms with Crippen LogP contribution in [0.2, 0.25) is 0 Å². The average molecular weight is 472 g/mol. The highest BCUT2D eigenvalue weighted by Crippen LogP contribution is 2.45. The number of carbonyl (C=O) groups excluding carboxylic acids is 2. The molecule has 2 N–H and O–H groups in total. The van der Waals surface area contributed by atoms with E-state index in [0.717, 1.165) is 10.9 Å². The number of methoxy groups -OCH3 is 2. The van der Waals surface area contributed by atoms with Crippen molar-refractivity contribution in [2.75, 3.05) is 19.1 Å². The highest BCUT2D eigenvalue weighted by molar-refractivity contribution is 6.52. The fourth-order valence-electron chi connectivity index (χ4n) is 4.46. The van der Waals surface area contributed by atoms with Crippen LogP contribution in [-0.2, 0) is 9.59 Å². The van der Waals surface area contributed by atoms with E-state index in [4.69, 9.17) is 9.47 Å². The lowest BCUT2D eigenvalue weighted by molar-refractivity contribution is -0.132. The van der Waals surface area contributed by atoms with E-state index >= 15 is 0 Å². The number of ketones is 1. The number of aliphatic hydroxyl groups excluding tert-OH is 1. The number of nitrogens with one attached hydrogen (secondary N) is 1. The summed E-state index contributed by atoms with van der Waals surface area (Å²) >= 11 is 0. The molecule has 0 aliphatic carbocycles. The number of rotatable bonds is 5. The first-order valence-electron chi connectivity index (χ1n) is 10.8. The molecule has 5 rings (SSSR count). The number of aromatic nitrogens is 1. The molecule has 3 aromatic carbocycles. The molecule has 0 spiro atoms. The predicted octanol–water partition coefficient (Wildman–Crippen LogP) is 4.95. The fourth-order valence-corrected chi connectivity index (χ4v) is 4.46. The van der Waals surface area contributed by atoms with E-state index < -0.39 is 29.3 Å².